The third-order valence-electron chi connectivity index (χ3n) is 2.80. The molecular formula is C16H13F3NO. The molecule has 0 saturated heterocycles. The van der Waals surface area contributed by atoms with E-state index in [-0.39, 0.29) is 12.2 Å². The summed E-state index contributed by atoms with van der Waals surface area (Å²) in [5, 5.41) is 3.58. The van der Waals surface area contributed by atoms with Crippen molar-refractivity contribution in [2.24, 2.45) is 5.16 Å². The first kappa shape index (κ1) is 15.1. The molecule has 0 aliphatic heterocycles. The van der Waals surface area contributed by atoms with E-state index in [0.717, 1.165) is 11.6 Å². The monoisotopic (exact) mass is 292 g/mol. The van der Waals surface area contributed by atoms with Crippen LogP contribution in [0.1, 0.15) is 22.3 Å². The minimum Gasteiger partial charge on any atom is -0.390 e. The van der Waals surface area contributed by atoms with Crippen LogP contribution in [0.4, 0.5) is 13.2 Å². The van der Waals surface area contributed by atoms with E-state index in [1.165, 1.54) is 18.2 Å². The first-order valence-corrected chi connectivity index (χ1v) is 6.26. The number of alkyl halides is 3. The van der Waals surface area contributed by atoms with E-state index in [2.05, 4.69) is 11.4 Å². The number of benzene rings is 2. The Hall–Kier alpha value is -2.30. The van der Waals surface area contributed by atoms with Gasteiger partial charge in [-0.05, 0) is 19.1 Å². The standard InChI is InChI=1S/C16H13F3NO/c1-12-5-4-6-13(9-12)10-20-21-11-14-7-2-3-8-15(14)16(17,18)19/h2-9H,11H2,1H3. The van der Waals surface area contributed by atoms with Crippen LogP contribution in [0.5, 0.6) is 0 Å². The Morgan fingerprint density at radius 3 is 2.57 bits per heavy atom. The van der Waals surface area contributed by atoms with Gasteiger partial charge in [0.25, 0.3) is 0 Å². The smallest absolute Gasteiger partial charge is 0.390 e. The van der Waals surface area contributed by atoms with Crippen molar-refractivity contribution in [2.75, 3.05) is 0 Å². The van der Waals surface area contributed by atoms with E-state index in [1.54, 1.807) is 6.07 Å². The maximum Gasteiger partial charge on any atom is 0.416 e. The van der Waals surface area contributed by atoms with Crippen LogP contribution < -0.4 is 0 Å². The molecule has 0 atom stereocenters. The summed E-state index contributed by atoms with van der Waals surface area (Å²) in [7, 11) is 0. The highest BCUT2D eigenvalue weighted by molar-refractivity contribution is 5.79. The van der Waals surface area contributed by atoms with Crippen LogP contribution in [0.2, 0.25) is 0 Å². The number of halogens is 3. The first-order chi connectivity index (χ1) is 9.97. The van der Waals surface area contributed by atoms with Gasteiger partial charge in [-0.3, -0.25) is 0 Å². The Labute approximate surface area is 120 Å². The number of rotatable bonds is 4. The fraction of sp³-hybridized carbons (Fsp3) is 0.188. The molecule has 0 unspecified atom stereocenters. The van der Waals surface area contributed by atoms with Crippen molar-refractivity contribution in [3.63, 3.8) is 0 Å². The highest BCUT2D eigenvalue weighted by Crippen LogP contribution is 2.32. The second-order valence-corrected chi connectivity index (χ2v) is 4.50. The highest BCUT2D eigenvalue weighted by Gasteiger charge is 2.32. The minimum absolute atomic E-state index is 0.0415. The van der Waals surface area contributed by atoms with Gasteiger partial charge >= 0.3 is 6.18 Å². The Balaban J connectivity index is 2.01. The fourth-order valence-electron chi connectivity index (χ4n) is 1.82. The first-order valence-electron chi connectivity index (χ1n) is 6.26. The lowest BCUT2D eigenvalue weighted by atomic mass is 10.1. The lowest BCUT2D eigenvalue weighted by molar-refractivity contribution is -0.138. The molecule has 0 fully saturated rings. The van der Waals surface area contributed by atoms with Gasteiger partial charge in [-0.25, -0.2) is 0 Å². The van der Waals surface area contributed by atoms with Crippen LogP contribution in [0.15, 0.2) is 53.7 Å². The molecule has 0 aromatic heterocycles. The summed E-state index contributed by atoms with van der Waals surface area (Å²) in [4.78, 5) is 4.91. The van der Waals surface area contributed by atoms with Crippen molar-refractivity contribution in [1.29, 1.82) is 0 Å². The molecule has 2 aromatic rings. The molecule has 2 rings (SSSR count). The number of hydrogen-bond acceptors (Lipinski definition) is 2. The van der Waals surface area contributed by atoms with E-state index in [9.17, 15) is 13.2 Å². The lowest BCUT2D eigenvalue weighted by Crippen LogP contribution is -2.09. The molecule has 0 N–H and O–H groups in total. The zero-order chi connectivity index (χ0) is 15.3. The van der Waals surface area contributed by atoms with E-state index in [0.29, 0.717) is 5.56 Å². The van der Waals surface area contributed by atoms with Gasteiger partial charge in [0.05, 0.1) is 5.56 Å². The van der Waals surface area contributed by atoms with Crippen LogP contribution in [0.25, 0.3) is 0 Å². The maximum absolute atomic E-state index is 12.8. The summed E-state index contributed by atoms with van der Waals surface area (Å²) in [6, 6.07) is 12.6. The second-order valence-electron chi connectivity index (χ2n) is 4.50. The third-order valence-corrected chi connectivity index (χ3v) is 2.80. The Morgan fingerprint density at radius 2 is 1.86 bits per heavy atom. The SMILES string of the molecule is Cc1cccc(/[C]=N\OCc2ccccc2C(F)(F)F)c1. The zero-order valence-electron chi connectivity index (χ0n) is 11.3. The molecule has 2 aromatic carbocycles. The van der Waals surface area contributed by atoms with Crippen LogP contribution in [0, 0.1) is 6.92 Å². The molecule has 0 bridgehead atoms. The van der Waals surface area contributed by atoms with Gasteiger partial charge in [-0.1, -0.05) is 47.1 Å². The van der Waals surface area contributed by atoms with Crippen molar-refractivity contribution >= 4 is 6.21 Å². The van der Waals surface area contributed by atoms with Gasteiger partial charge < -0.3 is 4.84 Å². The Kier molecular flexibility index (Phi) is 4.62. The van der Waals surface area contributed by atoms with Crippen molar-refractivity contribution in [3.05, 3.63) is 70.8 Å². The number of nitrogens with zero attached hydrogens (tertiary/aromatic N) is 1. The van der Waals surface area contributed by atoms with Crippen molar-refractivity contribution < 1.29 is 18.0 Å². The zero-order valence-corrected chi connectivity index (χ0v) is 11.3. The minimum atomic E-state index is -4.40. The normalized spacial score (nSPS) is 11.8. The van der Waals surface area contributed by atoms with Gasteiger partial charge in [0.1, 0.15) is 12.8 Å². The molecule has 21 heavy (non-hydrogen) atoms. The average Bonchev–Trinajstić information content (AvgIpc) is 2.43. The molecule has 5 heteroatoms. The number of aryl methyl sites for hydroxylation is 1. The topological polar surface area (TPSA) is 21.6 Å². The van der Waals surface area contributed by atoms with Gasteiger partial charge in [0, 0.05) is 11.1 Å². The molecule has 0 aliphatic carbocycles. The molecule has 0 spiro atoms. The maximum atomic E-state index is 12.8. The molecule has 1 radical (unpaired) electrons. The summed E-state index contributed by atoms with van der Waals surface area (Å²) in [6.45, 7) is 1.67. The third kappa shape index (κ3) is 4.34. The van der Waals surface area contributed by atoms with Crippen LogP contribution in [-0.4, -0.2) is 6.21 Å². The molecule has 2 nitrogen and oxygen atoms in total. The highest BCUT2D eigenvalue weighted by atomic mass is 19.4. The summed E-state index contributed by atoms with van der Waals surface area (Å²) < 4.78 is 38.3. The quantitative estimate of drug-likeness (QED) is 0.603. The van der Waals surface area contributed by atoms with Gasteiger partial charge in [0.2, 0.25) is 0 Å². The molecule has 0 aliphatic rings. The summed E-state index contributed by atoms with van der Waals surface area (Å²) in [5.41, 5.74) is 1.08. The lowest BCUT2D eigenvalue weighted by Gasteiger charge is -2.11. The molecule has 109 valence electrons. The predicted octanol–water partition coefficient (Wildman–Crippen LogP) is 4.44. The van der Waals surface area contributed by atoms with Crippen LogP contribution >= 0.6 is 0 Å². The van der Waals surface area contributed by atoms with E-state index in [1.807, 2.05) is 25.1 Å². The summed E-state index contributed by atoms with van der Waals surface area (Å²) >= 11 is 0. The summed E-state index contributed by atoms with van der Waals surface area (Å²) in [6.07, 6.45) is -1.76. The van der Waals surface area contributed by atoms with Crippen molar-refractivity contribution in [3.8, 4) is 0 Å². The van der Waals surface area contributed by atoms with Gasteiger partial charge in [0.15, 0.2) is 0 Å². The largest absolute Gasteiger partial charge is 0.416 e. The second kappa shape index (κ2) is 6.43. The van der Waals surface area contributed by atoms with Crippen molar-refractivity contribution in [2.45, 2.75) is 19.7 Å². The fourth-order valence-corrected chi connectivity index (χ4v) is 1.82. The Morgan fingerprint density at radius 1 is 1.10 bits per heavy atom. The van der Waals surface area contributed by atoms with E-state index >= 15 is 0 Å². The van der Waals surface area contributed by atoms with Gasteiger partial charge in [-0.15, -0.1) is 0 Å². The average molecular weight is 292 g/mol. The molecular weight excluding hydrogens is 279 g/mol. The summed E-state index contributed by atoms with van der Waals surface area (Å²) in [5.74, 6) is 0. The van der Waals surface area contributed by atoms with E-state index < -0.39 is 11.7 Å². The Bertz CT molecular complexity index is 635. The van der Waals surface area contributed by atoms with Gasteiger partial charge in [-0.2, -0.15) is 13.2 Å². The molecule has 0 amide bonds. The van der Waals surface area contributed by atoms with Crippen LogP contribution in [0.3, 0.4) is 0 Å². The van der Waals surface area contributed by atoms with E-state index in [4.69, 9.17) is 4.84 Å². The molecule has 0 saturated carbocycles. The number of hydrogen-bond donors (Lipinski definition) is 0. The molecule has 0 heterocycles. The van der Waals surface area contributed by atoms with Crippen molar-refractivity contribution in [1.82, 2.24) is 0 Å². The predicted molar refractivity (Wildman–Crippen MR) is 73.9 cm³/mol. The van der Waals surface area contributed by atoms with Crippen LogP contribution in [-0.2, 0) is 17.6 Å².